The van der Waals surface area contributed by atoms with Crippen LogP contribution in [0.1, 0.15) is 28.8 Å². The van der Waals surface area contributed by atoms with Crippen LogP contribution < -0.4 is 5.32 Å². The Labute approximate surface area is 172 Å². The van der Waals surface area contributed by atoms with Gasteiger partial charge >= 0.3 is 0 Å². The molecular weight excluding hydrogens is 374 g/mol. The number of amides is 1. The van der Waals surface area contributed by atoms with E-state index < -0.39 is 0 Å². The lowest BCUT2D eigenvalue weighted by atomic mass is 9.97. The summed E-state index contributed by atoms with van der Waals surface area (Å²) in [6.45, 7) is 2.07. The Bertz CT molecular complexity index is 1540. The van der Waals surface area contributed by atoms with E-state index in [0.717, 1.165) is 52.4 Å². The Morgan fingerprint density at radius 1 is 0.833 bits per heavy atom. The summed E-state index contributed by atoms with van der Waals surface area (Å²) in [5.74, 6) is 0.0199. The Balaban J connectivity index is 1.86. The minimum Gasteiger partial charge on any atom is -0.393 e. The van der Waals surface area contributed by atoms with Crippen LogP contribution in [-0.2, 0) is 19.6 Å². The van der Waals surface area contributed by atoms with E-state index in [1.807, 2.05) is 6.07 Å². The van der Waals surface area contributed by atoms with Crippen LogP contribution in [0, 0.1) is 0 Å². The van der Waals surface area contributed by atoms with Crippen molar-refractivity contribution in [3.8, 4) is 0 Å². The predicted molar refractivity (Wildman–Crippen MR) is 119 cm³/mol. The van der Waals surface area contributed by atoms with Crippen molar-refractivity contribution in [3.05, 3.63) is 59.7 Å². The number of aromatic nitrogens is 2. The second-order valence-electron chi connectivity index (χ2n) is 8.55. The van der Waals surface area contributed by atoms with Gasteiger partial charge in [0.05, 0.1) is 22.7 Å². The van der Waals surface area contributed by atoms with Gasteiger partial charge in [0.15, 0.2) is 0 Å². The third-order valence-electron chi connectivity index (χ3n) is 7.04. The van der Waals surface area contributed by atoms with Gasteiger partial charge in [-0.1, -0.05) is 36.4 Å². The number of benzene rings is 3. The van der Waals surface area contributed by atoms with Crippen LogP contribution in [-0.4, -0.2) is 26.3 Å². The van der Waals surface area contributed by atoms with E-state index in [9.17, 15) is 9.90 Å². The summed E-state index contributed by atoms with van der Waals surface area (Å²) in [4.78, 5) is 13.0. The van der Waals surface area contributed by atoms with Crippen LogP contribution in [0.2, 0.25) is 0 Å². The number of carbonyl (C=O) groups excluding carboxylic acids is 1. The quantitative estimate of drug-likeness (QED) is 0.411. The number of nitrogens with zero attached hydrogens (tertiary/aromatic N) is 2. The summed E-state index contributed by atoms with van der Waals surface area (Å²) in [7, 11) is 0. The molecule has 0 bridgehead atoms. The van der Waals surface area contributed by atoms with Crippen LogP contribution in [0.4, 0.5) is 0 Å². The molecule has 0 saturated heterocycles. The highest BCUT2D eigenvalue weighted by molar-refractivity contribution is 6.30. The van der Waals surface area contributed by atoms with Crippen molar-refractivity contribution >= 4 is 49.5 Å². The topological polar surface area (TPSA) is 59.2 Å². The minimum atomic E-state index is -0.345. The Hall–Kier alpha value is -3.31. The molecule has 30 heavy (non-hydrogen) atoms. The molecule has 7 rings (SSSR count). The largest absolute Gasteiger partial charge is 0.393 e. The number of aliphatic hydroxyl groups is 1. The summed E-state index contributed by atoms with van der Waals surface area (Å²) >= 11 is 0. The van der Waals surface area contributed by atoms with Crippen molar-refractivity contribution in [2.45, 2.75) is 38.6 Å². The average Bonchev–Trinajstić information content (AvgIpc) is 3.41. The molecule has 5 heteroatoms. The van der Waals surface area contributed by atoms with Gasteiger partial charge in [-0.3, -0.25) is 4.79 Å². The van der Waals surface area contributed by atoms with Gasteiger partial charge in [0.25, 0.3) is 5.91 Å². The third-order valence-corrected chi connectivity index (χ3v) is 7.04. The summed E-state index contributed by atoms with van der Waals surface area (Å²) in [5, 5.41) is 18.3. The molecule has 2 N–H and O–H groups in total. The fourth-order valence-electron chi connectivity index (χ4n) is 5.78. The van der Waals surface area contributed by atoms with Crippen LogP contribution >= 0.6 is 0 Å². The monoisotopic (exact) mass is 395 g/mol. The van der Waals surface area contributed by atoms with E-state index in [4.69, 9.17) is 0 Å². The first-order chi connectivity index (χ1) is 14.7. The zero-order chi connectivity index (χ0) is 20.0. The SMILES string of the molecule is O=C1NCc2c1c1c3ccccc3n3c1c1c2c2ccccc2n1CCC(O)CC3. The lowest BCUT2D eigenvalue weighted by Gasteiger charge is -2.11. The second-order valence-corrected chi connectivity index (χ2v) is 8.55. The summed E-state index contributed by atoms with van der Waals surface area (Å²) in [6.07, 6.45) is 1.09. The molecule has 2 aliphatic heterocycles. The number of carbonyl (C=O) groups is 1. The molecule has 1 amide bonds. The van der Waals surface area contributed by atoms with Crippen molar-refractivity contribution < 1.29 is 9.90 Å². The van der Waals surface area contributed by atoms with E-state index in [1.54, 1.807) is 0 Å². The first-order valence-electron chi connectivity index (χ1n) is 10.7. The number of aryl methyl sites for hydroxylation is 2. The van der Waals surface area contributed by atoms with Gasteiger partial charge in [-0.15, -0.1) is 0 Å². The number of rotatable bonds is 0. The molecule has 5 aromatic rings. The molecule has 5 nitrogen and oxygen atoms in total. The van der Waals surface area contributed by atoms with Gasteiger partial charge in [0, 0.05) is 52.2 Å². The highest BCUT2D eigenvalue weighted by Crippen LogP contribution is 2.45. The van der Waals surface area contributed by atoms with Crippen LogP contribution in [0.5, 0.6) is 0 Å². The van der Waals surface area contributed by atoms with E-state index >= 15 is 0 Å². The summed E-state index contributed by atoms with van der Waals surface area (Å²) in [5.41, 5.74) is 6.58. The van der Waals surface area contributed by atoms with Gasteiger partial charge in [-0.2, -0.15) is 0 Å². The maximum Gasteiger partial charge on any atom is 0.252 e. The van der Waals surface area contributed by atoms with Crippen LogP contribution in [0.15, 0.2) is 48.5 Å². The zero-order valence-electron chi connectivity index (χ0n) is 16.5. The molecule has 2 aromatic heterocycles. The molecule has 0 saturated carbocycles. The molecular formula is C25H21N3O2. The Kier molecular flexibility index (Phi) is 3.10. The Morgan fingerprint density at radius 3 is 2.07 bits per heavy atom. The predicted octanol–water partition coefficient (Wildman–Crippen LogP) is 4.30. The molecule has 0 spiro atoms. The lowest BCUT2D eigenvalue weighted by molar-refractivity contribution is 0.0967. The number of fused-ring (bicyclic) bond motifs is 9. The summed E-state index contributed by atoms with van der Waals surface area (Å²) in [6, 6.07) is 16.8. The fourth-order valence-corrected chi connectivity index (χ4v) is 5.78. The first kappa shape index (κ1) is 16.5. The zero-order valence-corrected chi connectivity index (χ0v) is 16.5. The minimum absolute atomic E-state index is 0.0199. The summed E-state index contributed by atoms with van der Waals surface area (Å²) < 4.78 is 4.71. The molecule has 4 heterocycles. The lowest BCUT2D eigenvalue weighted by Crippen LogP contribution is -2.12. The molecule has 3 aromatic carbocycles. The van der Waals surface area contributed by atoms with Crippen molar-refractivity contribution in [3.63, 3.8) is 0 Å². The fraction of sp³-hybridized carbons (Fsp3) is 0.240. The standard InChI is InChI=1S/C25H21N3O2/c29-14-9-11-27-18-7-3-1-5-15(18)20-17-13-26-25(30)22(17)21-16-6-2-4-8-19(16)28(12-10-14)24(21)23(20)27/h1-8,14,29H,9-13H2,(H,26,30). The van der Waals surface area contributed by atoms with Gasteiger partial charge in [-0.05, 0) is 30.5 Å². The molecule has 2 aliphatic rings. The number of aliphatic hydroxyl groups excluding tert-OH is 1. The van der Waals surface area contributed by atoms with Crippen LogP contribution in [0.25, 0.3) is 43.6 Å². The van der Waals surface area contributed by atoms with Gasteiger partial charge in [0.1, 0.15) is 0 Å². The van der Waals surface area contributed by atoms with Gasteiger partial charge in [-0.25, -0.2) is 0 Å². The van der Waals surface area contributed by atoms with E-state index in [0.29, 0.717) is 13.0 Å². The highest BCUT2D eigenvalue weighted by Gasteiger charge is 2.32. The number of hydrogen-bond donors (Lipinski definition) is 2. The highest BCUT2D eigenvalue weighted by atomic mass is 16.3. The van der Waals surface area contributed by atoms with Crippen molar-refractivity contribution in [1.82, 2.24) is 14.5 Å². The van der Waals surface area contributed by atoms with Crippen molar-refractivity contribution in [2.75, 3.05) is 0 Å². The van der Waals surface area contributed by atoms with Crippen molar-refractivity contribution in [2.24, 2.45) is 0 Å². The number of nitrogens with one attached hydrogen (secondary N) is 1. The first-order valence-corrected chi connectivity index (χ1v) is 10.7. The van der Waals surface area contributed by atoms with Gasteiger partial charge in [0.2, 0.25) is 0 Å². The normalized spacial score (nSPS) is 18.8. The molecule has 148 valence electrons. The third kappa shape index (κ3) is 1.89. The molecule has 0 fully saturated rings. The van der Waals surface area contributed by atoms with Crippen molar-refractivity contribution in [1.29, 1.82) is 0 Å². The van der Waals surface area contributed by atoms with Gasteiger partial charge < -0.3 is 19.6 Å². The van der Waals surface area contributed by atoms with Crippen LogP contribution in [0.3, 0.4) is 0 Å². The number of hydrogen-bond acceptors (Lipinski definition) is 2. The smallest absolute Gasteiger partial charge is 0.252 e. The average molecular weight is 395 g/mol. The maximum atomic E-state index is 13.0. The molecule has 0 aliphatic carbocycles. The second kappa shape index (κ2) is 5.64. The molecule has 0 radical (unpaired) electrons. The van der Waals surface area contributed by atoms with E-state index in [1.165, 1.54) is 21.8 Å². The van der Waals surface area contributed by atoms with E-state index in [2.05, 4.69) is 56.9 Å². The Morgan fingerprint density at radius 2 is 1.40 bits per heavy atom. The molecule has 1 unspecified atom stereocenters. The van der Waals surface area contributed by atoms with E-state index in [-0.39, 0.29) is 12.0 Å². The maximum absolute atomic E-state index is 13.0. The molecule has 1 atom stereocenters. The number of para-hydroxylation sites is 2.